The van der Waals surface area contributed by atoms with Crippen LogP contribution >= 0.6 is 0 Å². The number of pyridine rings is 1. The number of methoxy groups -OCH3 is 3. The molecule has 0 saturated carbocycles. The van der Waals surface area contributed by atoms with Crippen LogP contribution in [0.3, 0.4) is 0 Å². The molecule has 2 aromatic heterocycles. The quantitative estimate of drug-likeness (QED) is 0.606. The molecule has 1 aliphatic rings. The minimum absolute atomic E-state index is 0.0234. The molecular formula is C23H28N4O4. The number of hydrogen-bond donors (Lipinski definition) is 0. The van der Waals surface area contributed by atoms with Crippen molar-refractivity contribution in [3.8, 4) is 17.2 Å². The van der Waals surface area contributed by atoms with E-state index in [-0.39, 0.29) is 5.91 Å². The van der Waals surface area contributed by atoms with E-state index in [2.05, 4.69) is 9.88 Å². The molecule has 164 valence electrons. The SMILES string of the molecule is COc1cc(OC)c(OC)cc1CN1CCN(C(=O)c2cn3ccc(C)cc3n2)CC1. The summed E-state index contributed by atoms with van der Waals surface area (Å²) in [5.74, 6) is 2.05. The van der Waals surface area contributed by atoms with Crippen molar-refractivity contribution in [1.29, 1.82) is 0 Å². The zero-order valence-corrected chi connectivity index (χ0v) is 18.4. The van der Waals surface area contributed by atoms with Gasteiger partial charge in [-0.3, -0.25) is 9.69 Å². The van der Waals surface area contributed by atoms with E-state index in [0.29, 0.717) is 36.8 Å². The van der Waals surface area contributed by atoms with Crippen molar-refractivity contribution in [1.82, 2.24) is 19.2 Å². The standard InChI is InChI=1S/C23H28N4O4/c1-16-5-6-27-15-18(24-22(27)11-16)23(28)26-9-7-25(8-10-26)14-17-12-20(30-3)21(31-4)13-19(17)29-2/h5-6,11-13,15H,7-10,14H2,1-4H3. The molecule has 3 heterocycles. The first-order chi connectivity index (χ1) is 15.0. The lowest BCUT2D eigenvalue weighted by Gasteiger charge is -2.34. The summed E-state index contributed by atoms with van der Waals surface area (Å²) >= 11 is 0. The maximum Gasteiger partial charge on any atom is 0.274 e. The fourth-order valence-electron chi connectivity index (χ4n) is 3.91. The number of carbonyl (C=O) groups excluding carboxylic acids is 1. The summed E-state index contributed by atoms with van der Waals surface area (Å²) in [4.78, 5) is 21.6. The number of ether oxygens (including phenoxy) is 3. The molecule has 0 N–H and O–H groups in total. The number of benzene rings is 1. The number of fused-ring (bicyclic) bond motifs is 1. The second kappa shape index (κ2) is 8.85. The smallest absolute Gasteiger partial charge is 0.274 e. The summed E-state index contributed by atoms with van der Waals surface area (Å²) < 4.78 is 18.2. The van der Waals surface area contributed by atoms with Crippen LogP contribution in [0.25, 0.3) is 5.65 Å². The summed E-state index contributed by atoms with van der Waals surface area (Å²) in [5.41, 5.74) is 3.43. The molecule has 1 saturated heterocycles. The molecule has 1 amide bonds. The van der Waals surface area contributed by atoms with Crippen LogP contribution in [0.5, 0.6) is 17.2 Å². The lowest BCUT2D eigenvalue weighted by Crippen LogP contribution is -2.48. The van der Waals surface area contributed by atoms with Crippen LogP contribution in [-0.4, -0.2) is 72.6 Å². The summed E-state index contributed by atoms with van der Waals surface area (Å²) in [7, 11) is 4.88. The van der Waals surface area contributed by atoms with Crippen LogP contribution in [0.2, 0.25) is 0 Å². The van der Waals surface area contributed by atoms with Crippen LogP contribution in [-0.2, 0) is 6.54 Å². The Balaban J connectivity index is 1.42. The Morgan fingerprint density at radius 1 is 0.968 bits per heavy atom. The number of hydrogen-bond acceptors (Lipinski definition) is 6. The van der Waals surface area contributed by atoms with Gasteiger partial charge in [0.05, 0.1) is 21.3 Å². The van der Waals surface area contributed by atoms with Gasteiger partial charge in [0.15, 0.2) is 11.5 Å². The lowest BCUT2D eigenvalue weighted by atomic mass is 10.1. The molecule has 0 atom stereocenters. The number of aryl methyl sites for hydroxylation is 1. The van der Waals surface area contributed by atoms with E-state index < -0.39 is 0 Å². The average Bonchev–Trinajstić information content (AvgIpc) is 3.22. The molecule has 0 radical (unpaired) electrons. The Labute approximate surface area is 181 Å². The lowest BCUT2D eigenvalue weighted by molar-refractivity contribution is 0.0622. The van der Waals surface area contributed by atoms with Gasteiger partial charge in [0, 0.05) is 56.7 Å². The Morgan fingerprint density at radius 3 is 2.32 bits per heavy atom. The van der Waals surface area contributed by atoms with Gasteiger partial charge >= 0.3 is 0 Å². The van der Waals surface area contributed by atoms with Crippen molar-refractivity contribution in [3.05, 3.63) is 53.5 Å². The second-order valence-corrected chi connectivity index (χ2v) is 7.68. The number of piperazine rings is 1. The van der Waals surface area contributed by atoms with Crippen LogP contribution in [0.1, 0.15) is 21.6 Å². The van der Waals surface area contributed by atoms with Gasteiger partial charge in [0.2, 0.25) is 0 Å². The van der Waals surface area contributed by atoms with Gasteiger partial charge in [0.1, 0.15) is 17.1 Å². The Morgan fingerprint density at radius 2 is 1.65 bits per heavy atom. The zero-order valence-electron chi connectivity index (χ0n) is 18.4. The number of imidazole rings is 1. The molecule has 0 unspecified atom stereocenters. The van der Waals surface area contributed by atoms with E-state index >= 15 is 0 Å². The summed E-state index contributed by atoms with van der Waals surface area (Å²) in [6, 6.07) is 7.78. The van der Waals surface area contributed by atoms with Crippen LogP contribution < -0.4 is 14.2 Å². The highest BCUT2D eigenvalue weighted by Crippen LogP contribution is 2.35. The van der Waals surface area contributed by atoms with Gasteiger partial charge in [-0.2, -0.15) is 0 Å². The fourth-order valence-corrected chi connectivity index (χ4v) is 3.91. The first-order valence-electron chi connectivity index (χ1n) is 10.3. The number of carbonyl (C=O) groups is 1. The van der Waals surface area contributed by atoms with E-state index in [1.54, 1.807) is 27.5 Å². The minimum Gasteiger partial charge on any atom is -0.496 e. The molecule has 8 heteroatoms. The average molecular weight is 425 g/mol. The number of aromatic nitrogens is 2. The molecule has 1 fully saturated rings. The van der Waals surface area contributed by atoms with Crippen LogP contribution in [0.4, 0.5) is 0 Å². The minimum atomic E-state index is -0.0234. The van der Waals surface area contributed by atoms with Gasteiger partial charge in [-0.1, -0.05) is 0 Å². The van der Waals surface area contributed by atoms with Gasteiger partial charge in [0.25, 0.3) is 5.91 Å². The maximum atomic E-state index is 13.0. The topological polar surface area (TPSA) is 68.5 Å². The Kier molecular flexibility index (Phi) is 5.99. The molecule has 3 aromatic rings. The monoisotopic (exact) mass is 424 g/mol. The first-order valence-corrected chi connectivity index (χ1v) is 10.3. The molecule has 0 spiro atoms. The normalized spacial score (nSPS) is 14.6. The van der Waals surface area contributed by atoms with E-state index in [9.17, 15) is 4.79 Å². The number of rotatable bonds is 6. The van der Waals surface area contributed by atoms with Gasteiger partial charge < -0.3 is 23.5 Å². The van der Waals surface area contributed by atoms with E-state index in [1.165, 1.54) is 0 Å². The molecule has 1 aromatic carbocycles. The number of nitrogens with zero attached hydrogens (tertiary/aromatic N) is 4. The largest absolute Gasteiger partial charge is 0.496 e. The molecule has 8 nitrogen and oxygen atoms in total. The van der Waals surface area contributed by atoms with Crippen LogP contribution in [0.15, 0.2) is 36.7 Å². The van der Waals surface area contributed by atoms with Crippen molar-refractivity contribution in [2.75, 3.05) is 47.5 Å². The second-order valence-electron chi connectivity index (χ2n) is 7.68. The van der Waals surface area contributed by atoms with Crippen molar-refractivity contribution < 1.29 is 19.0 Å². The summed E-state index contributed by atoms with van der Waals surface area (Å²) in [6.07, 6.45) is 3.74. The molecule has 31 heavy (non-hydrogen) atoms. The molecule has 4 rings (SSSR count). The fraction of sp³-hybridized carbons (Fsp3) is 0.391. The van der Waals surface area contributed by atoms with E-state index in [1.807, 2.05) is 46.7 Å². The molecular weight excluding hydrogens is 396 g/mol. The maximum absolute atomic E-state index is 13.0. The predicted molar refractivity (Wildman–Crippen MR) is 117 cm³/mol. The Hall–Kier alpha value is -3.26. The zero-order chi connectivity index (χ0) is 22.0. The highest BCUT2D eigenvalue weighted by atomic mass is 16.5. The van der Waals surface area contributed by atoms with Crippen molar-refractivity contribution in [3.63, 3.8) is 0 Å². The van der Waals surface area contributed by atoms with Gasteiger partial charge in [-0.15, -0.1) is 0 Å². The third-order valence-corrected chi connectivity index (χ3v) is 5.67. The van der Waals surface area contributed by atoms with Gasteiger partial charge in [-0.05, 0) is 30.7 Å². The molecule has 1 aliphatic heterocycles. The predicted octanol–water partition coefficient (Wildman–Crippen LogP) is 2.63. The molecule has 0 bridgehead atoms. The van der Waals surface area contributed by atoms with Gasteiger partial charge in [-0.25, -0.2) is 4.98 Å². The van der Waals surface area contributed by atoms with E-state index in [0.717, 1.165) is 35.6 Å². The highest BCUT2D eigenvalue weighted by molar-refractivity contribution is 5.93. The van der Waals surface area contributed by atoms with E-state index in [4.69, 9.17) is 14.2 Å². The number of amides is 1. The highest BCUT2D eigenvalue weighted by Gasteiger charge is 2.25. The first kappa shape index (κ1) is 21.0. The van der Waals surface area contributed by atoms with Crippen molar-refractivity contribution >= 4 is 11.6 Å². The summed E-state index contributed by atoms with van der Waals surface area (Å²) in [5, 5.41) is 0. The van der Waals surface area contributed by atoms with Crippen LogP contribution in [0, 0.1) is 6.92 Å². The van der Waals surface area contributed by atoms with Crippen molar-refractivity contribution in [2.45, 2.75) is 13.5 Å². The Bertz CT molecular complexity index is 1090. The van der Waals surface area contributed by atoms with Crippen molar-refractivity contribution in [2.24, 2.45) is 0 Å². The third-order valence-electron chi connectivity index (χ3n) is 5.67. The third kappa shape index (κ3) is 4.29. The summed E-state index contributed by atoms with van der Waals surface area (Å²) in [6.45, 7) is 5.58. The molecule has 0 aliphatic carbocycles.